The fourth-order valence-electron chi connectivity index (χ4n) is 7.08. The van der Waals surface area contributed by atoms with Crippen molar-refractivity contribution in [2.24, 2.45) is 0 Å². The second kappa shape index (κ2) is 8.28. The van der Waals surface area contributed by atoms with E-state index in [0.717, 1.165) is 9.35 Å². The van der Waals surface area contributed by atoms with Crippen LogP contribution in [-0.2, 0) is 10.2 Å². The molecule has 1 saturated carbocycles. The Morgan fingerprint density at radius 1 is 1.42 bits per heavy atom. The highest BCUT2D eigenvalue weighted by molar-refractivity contribution is 9.10. The lowest BCUT2D eigenvalue weighted by atomic mass is 9.48. The Morgan fingerprint density at radius 2 is 2.22 bits per heavy atom. The van der Waals surface area contributed by atoms with Gasteiger partial charge in [-0.15, -0.1) is 17.9 Å². The number of likely N-dealkylation sites (tertiary alicyclic amines) is 1. The maximum atomic E-state index is 13.7. The van der Waals surface area contributed by atoms with Gasteiger partial charge in [-0.3, -0.25) is 14.5 Å². The Morgan fingerprint density at radius 3 is 2.94 bits per heavy atom. The van der Waals surface area contributed by atoms with Gasteiger partial charge in [0.25, 0.3) is 0 Å². The zero-order valence-corrected chi connectivity index (χ0v) is 22.2. The first kappa shape index (κ1) is 23.9. The second-order valence-electron chi connectivity index (χ2n) is 10.1. The van der Waals surface area contributed by atoms with Gasteiger partial charge in [0, 0.05) is 52.1 Å². The highest BCUT2D eigenvalue weighted by Crippen LogP contribution is 2.65. The molecule has 2 N–H and O–H groups in total. The molecule has 9 heteroatoms. The monoisotopic (exact) mass is 570 g/mol. The predicted molar refractivity (Wildman–Crippen MR) is 141 cm³/mol. The Balaban J connectivity index is 1.42. The number of hydrogen-bond acceptors (Lipinski definition) is 7. The van der Waals surface area contributed by atoms with Crippen molar-refractivity contribution in [2.75, 3.05) is 20.1 Å². The standard InChI is InChI=1S/C27H27BrN2O5S/c1-3-11-30-12-10-26-21-17-5-6-19(31)23(21)35-25(26)18(8-9-27(26,34)24(30)22(17)33)29(2)20(32)7-4-16-13-15(28)14-36-16/h3-7,13-14,18,24-25,31,34H,1,8-12H2,2H3/b7-4+/t18-,24-,25+,26+,27-/m1/s1. The lowest BCUT2D eigenvalue weighted by Crippen LogP contribution is -2.79. The van der Waals surface area contributed by atoms with Crippen molar-refractivity contribution in [3.8, 4) is 11.5 Å². The topological polar surface area (TPSA) is 90.3 Å². The van der Waals surface area contributed by atoms with Gasteiger partial charge in [0.05, 0.1) is 11.5 Å². The highest BCUT2D eigenvalue weighted by Gasteiger charge is 2.75. The van der Waals surface area contributed by atoms with Crippen LogP contribution in [0.15, 0.2) is 46.8 Å². The molecule has 2 aromatic rings. The summed E-state index contributed by atoms with van der Waals surface area (Å²) in [6.45, 7) is 4.91. The molecular weight excluding hydrogens is 544 g/mol. The maximum absolute atomic E-state index is 13.7. The van der Waals surface area contributed by atoms with Crippen LogP contribution < -0.4 is 4.74 Å². The number of likely N-dealkylation sites (N-methyl/N-ethyl adjacent to an activating group) is 1. The lowest BCUT2D eigenvalue weighted by Gasteiger charge is -2.63. The molecule has 1 amide bonds. The average molecular weight is 571 g/mol. The third-order valence-corrected chi connectivity index (χ3v) is 10.2. The number of halogens is 1. The number of aliphatic hydroxyl groups is 1. The smallest absolute Gasteiger partial charge is 0.246 e. The molecule has 7 nitrogen and oxygen atoms in total. The number of nitrogens with zero attached hydrogens (tertiary/aromatic N) is 2. The van der Waals surface area contributed by atoms with E-state index in [1.54, 1.807) is 36.2 Å². The molecule has 1 aromatic carbocycles. The zero-order chi connectivity index (χ0) is 25.4. The van der Waals surface area contributed by atoms with E-state index >= 15 is 0 Å². The third kappa shape index (κ3) is 3.03. The zero-order valence-electron chi connectivity index (χ0n) is 19.8. The highest BCUT2D eigenvalue weighted by atomic mass is 79.9. The van der Waals surface area contributed by atoms with Crippen LogP contribution in [0.1, 0.15) is 40.1 Å². The van der Waals surface area contributed by atoms with Crippen LogP contribution in [0, 0.1) is 0 Å². The van der Waals surface area contributed by atoms with E-state index in [1.165, 1.54) is 17.4 Å². The molecule has 2 aliphatic carbocycles. The molecule has 0 unspecified atom stereocenters. The fraction of sp³-hybridized carbons (Fsp3) is 0.407. The minimum Gasteiger partial charge on any atom is -0.504 e. The summed E-state index contributed by atoms with van der Waals surface area (Å²) in [5.74, 6) is -0.0897. The van der Waals surface area contributed by atoms with Crippen LogP contribution in [0.2, 0.25) is 0 Å². The third-order valence-electron chi connectivity index (χ3n) is 8.57. The quantitative estimate of drug-likeness (QED) is 0.420. The number of carbonyl (C=O) groups excluding carboxylic acids is 2. The maximum Gasteiger partial charge on any atom is 0.246 e. The van der Waals surface area contributed by atoms with Crippen LogP contribution in [0.5, 0.6) is 11.5 Å². The van der Waals surface area contributed by atoms with Gasteiger partial charge >= 0.3 is 0 Å². The number of ether oxygens (including phenoxy) is 1. The number of ketones is 1. The minimum absolute atomic E-state index is 0.0458. The number of rotatable bonds is 5. The molecule has 4 aliphatic rings. The van der Waals surface area contributed by atoms with E-state index in [9.17, 15) is 19.8 Å². The normalized spacial score (nSPS) is 32.3. The van der Waals surface area contributed by atoms with Crippen molar-refractivity contribution in [3.63, 3.8) is 0 Å². The molecule has 2 fully saturated rings. The number of phenols is 1. The second-order valence-corrected chi connectivity index (χ2v) is 12.0. The number of thiophene rings is 1. The van der Waals surface area contributed by atoms with E-state index in [2.05, 4.69) is 22.5 Å². The Bertz CT molecular complexity index is 1320. The molecule has 6 rings (SSSR count). The summed E-state index contributed by atoms with van der Waals surface area (Å²) in [7, 11) is 1.76. The van der Waals surface area contributed by atoms with Crippen LogP contribution in [0.3, 0.4) is 0 Å². The molecule has 1 spiro atoms. The molecule has 36 heavy (non-hydrogen) atoms. The van der Waals surface area contributed by atoms with Gasteiger partial charge in [0.15, 0.2) is 17.3 Å². The molecule has 2 bridgehead atoms. The fourth-order valence-corrected chi connectivity index (χ4v) is 8.41. The number of piperidine rings is 1. The van der Waals surface area contributed by atoms with Crippen molar-refractivity contribution in [1.29, 1.82) is 0 Å². The summed E-state index contributed by atoms with van der Waals surface area (Å²) in [5.41, 5.74) is -1.17. The molecule has 5 atom stereocenters. The number of hydrogen-bond donors (Lipinski definition) is 2. The summed E-state index contributed by atoms with van der Waals surface area (Å²) in [4.78, 5) is 31.6. The van der Waals surface area contributed by atoms with Gasteiger partial charge < -0.3 is 19.8 Å². The molecule has 0 radical (unpaired) electrons. The van der Waals surface area contributed by atoms with E-state index in [1.807, 2.05) is 16.3 Å². The molecule has 1 saturated heterocycles. The van der Waals surface area contributed by atoms with Crippen LogP contribution >= 0.6 is 27.3 Å². The Hall–Kier alpha value is -2.46. The van der Waals surface area contributed by atoms with Crippen molar-refractivity contribution in [2.45, 2.75) is 48.5 Å². The Kier molecular flexibility index (Phi) is 5.50. The van der Waals surface area contributed by atoms with Crippen molar-refractivity contribution < 1.29 is 24.5 Å². The number of Topliss-reactive ketones (excluding diaryl/α,β-unsaturated/α-hetero) is 1. The van der Waals surface area contributed by atoms with Crippen LogP contribution in [0.4, 0.5) is 0 Å². The number of carbonyl (C=O) groups is 2. The number of benzene rings is 1. The SMILES string of the molecule is C=CCN1CC[C@]23c4c5ccc(O)c4O[C@H]2[C@H](N(C)C(=O)/C=C/c2cc(Br)cs2)CC[C@@]3(O)[C@H]1C5=O. The van der Waals surface area contributed by atoms with Crippen molar-refractivity contribution >= 4 is 45.0 Å². The number of phenolic OH excluding ortho intramolecular Hbond substituents is 1. The summed E-state index contributed by atoms with van der Waals surface area (Å²) in [5, 5.41) is 25.1. The van der Waals surface area contributed by atoms with E-state index in [-0.39, 0.29) is 29.2 Å². The largest absolute Gasteiger partial charge is 0.504 e. The summed E-state index contributed by atoms with van der Waals surface area (Å²) in [6.07, 6.45) is 5.88. The number of aromatic hydroxyl groups is 1. The van der Waals surface area contributed by atoms with Gasteiger partial charge in [-0.2, -0.15) is 0 Å². The summed E-state index contributed by atoms with van der Waals surface area (Å²) < 4.78 is 7.41. The van der Waals surface area contributed by atoms with Crippen molar-refractivity contribution in [1.82, 2.24) is 9.80 Å². The van der Waals surface area contributed by atoms with Gasteiger partial charge in [0.2, 0.25) is 5.91 Å². The lowest BCUT2D eigenvalue weighted by molar-refractivity contribution is -0.186. The molecule has 3 heterocycles. The minimum atomic E-state index is -1.37. The predicted octanol–water partition coefficient (Wildman–Crippen LogP) is 3.74. The van der Waals surface area contributed by atoms with Gasteiger partial charge in [0.1, 0.15) is 17.7 Å². The molecule has 188 valence electrons. The van der Waals surface area contributed by atoms with Crippen LogP contribution in [-0.4, -0.2) is 75.6 Å². The first-order valence-electron chi connectivity index (χ1n) is 12.1. The first-order valence-corrected chi connectivity index (χ1v) is 13.7. The van der Waals surface area contributed by atoms with E-state index < -0.39 is 23.2 Å². The molecular formula is C27H27BrN2O5S. The van der Waals surface area contributed by atoms with Crippen molar-refractivity contribution in [3.05, 3.63) is 62.8 Å². The summed E-state index contributed by atoms with van der Waals surface area (Å²) in [6, 6.07) is 4.03. The van der Waals surface area contributed by atoms with Gasteiger partial charge in [-0.05, 0) is 59.5 Å². The summed E-state index contributed by atoms with van der Waals surface area (Å²) >= 11 is 4.97. The van der Waals surface area contributed by atoms with E-state index in [0.29, 0.717) is 43.5 Å². The average Bonchev–Trinajstić information content (AvgIpc) is 3.43. The van der Waals surface area contributed by atoms with Gasteiger partial charge in [-0.25, -0.2) is 0 Å². The first-order chi connectivity index (χ1) is 17.2. The Labute approximate surface area is 221 Å². The molecule has 2 aliphatic heterocycles. The van der Waals surface area contributed by atoms with Gasteiger partial charge in [-0.1, -0.05) is 6.08 Å². The number of amides is 1. The van der Waals surface area contributed by atoms with E-state index in [4.69, 9.17) is 4.74 Å². The molecule has 1 aromatic heterocycles. The van der Waals surface area contributed by atoms with Crippen LogP contribution in [0.25, 0.3) is 6.08 Å².